The molecule has 7 rings (SSSR count). The molecule has 0 fully saturated rings. The molecule has 0 atom stereocenters. The third-order valence-corrected chi connectivity index (χ3v) is 8.77. The monoisotopic (exact) mass is 836 g/mol. The van der Waals surface area contributed by atoms with Crippen LogP contribution >= 0.6 is 0 Å². The summed E-state index contributed by atoms with van der Waals surface area (Å²) >= 11 is 0. The van der Waals surface area contributed by atoms with Crippen LogP contribution in [0.5, 0.6) is 0 Å². The third kappa shape index (κ3) is 8.12. The molecule has 0 saturated carbocycles. The number of nitrogens with zero attached hydrogens (tertiary/aromatic N) is 3. The molecule has 3 aromatic carbocycles. The Kier molecular flexibility index (Phi) is 11.5. The summed E-state index contributed by atoms with van der Waals surface area (Å²) in [5, 5.41) is 2.06. The molecule has 0 N–H and O–H groups in total. The fourth-order valence-corrected chi connectivity index (χ4v) is 6.35. The summed E-state index contributed by atoms with van der Waals surface area (Å²) in [4.78, 5) is 14.1. The summed E-state index contributed by atoms with van der Waals surface area (Å²) in [6.07, 6.45) is 4.79. The fraction of sp³-hybridized carbons (Fsp3) is 0.267. The molecule has 0 saturated heterocycles. The van der Waals surface area contributed by atoms with Gasteiger partial charge in [-0.25, -0.2) is 4.98 Å². The fourth-order valence-electron chi connectivity index (χ4n) is 6.35. The van der Waals surface area contributed by atoms with E-state index < -0.39 is 0 Å². The Balaban J connectivity index is 0.000000315. The van der Waals surface area contributed by atoms with Gasteiger partial charge < -0.3 is 14.4 Å². The molecule has 4 aromatic heterocycles. The van der Waals surface area contributed by atoms with Crippen molar-refractivity contribution in [1.29, 1.82) is 0 Å². The summed E-state index contributed by atoms with van der Waals surface area (Å²) in [7, 11) is 0. The van der Waals surface area contributed by atoms with Crippen LogP contribution in [-0.4, -0.2) is 15.0 Å². The maximum absolute atomic E-state index is 6.47. The number of aryl methyl sites for hydroxylation is 1. The first-order valence-electron chi connectivity index (χ1n) is 17.2. The molecule has 0 unspecified atom stereocenters. The molecule has 0 aliphatic rings. The van der Waals surface area contributed by atoms with Gasteiger partial charge in [0.05, 0.1) is 11.3 Å². The molecule has 0 aliphatic heterocycles. The van der Waals surface area contributed by atoms with Crippen LogP contribution in [0.1, 0.15) is 82.6 Å². The van der Waals surface area contributed by atoms with Crippen molar-refractivity contribution in [2.24, 2.45) is 5.41 Å². The Morgan fingerprint density at radius 3 is 2.08 bits per heavy atom. The number of hydrogen-bond acceptors (Lipinski definition) is 4. The van der Waals surface area contributed by atoms with E-state index in [1.165, 1.54) is 27.8 Å². The van der Waals surface area contributed by atoms with E-state index in [0.717, 1.165) is 51.0 Å². The molecule has 5 heteroatoms. The Bertz CT molecular complexity index is 2130. The van der Waals surface area contributed by atoms with Gasteiger partial charge in [0.2, 0.25) is 5.71 Å². The van der Waals surface area contributed by atoms with Crippen LogP contribution in [0, 0.1) is 24.5 Å². The van der Waals surface area contributed by atoms with Gasteiger partial charge in [-0.3, -0.25) is 0 Å². The van der Waals surface area contributed by atoms with Crippen LogP contribution in [0.15, 0.2) is 108 Å². The molecule has 1 radical (unpaired) electrons. The smallest absolute Gasteiger partial charge is 0.216 e. The molecule has 50 heavy (non-hydrogen) atoms. The second-order valence-corrected chi connectivity index (χ2v) is 14.6. The minimum Gasteiger partial charge on any atom is -0.486 e. The van der Waals surface area contributed by atoms with Crippen molar-refractivity contribution in [1.82, 2.24) is 15.0 Å². The van der Waals surface area contributed by atoms with Crippen LogP contribution in [-0.2, 0) is 26.5 Å². The van der Waals surface area contributed by atoms with Crippen LogP contribution in [0.4, 0.5) is 0 Å². The quantitative estimate of drug-likeness (QED) is 0.157. The number of hydrogen-bond donors (Lipinski definition) is 0. The van der Waals surface area contributed by atoms with E-state index in [2.05, 4.69) is 115 Å². The summed E-state index contributed by atoms with van der Waals surface area (Å²) in [5.41, 5.74) is 12.8. The predicted octanol–water partition coefficient (Wildman–Crippen LogP) is 12.2. The SMILES string of the molecule is Cc1cc(-c2[c-]ccc3c2oc2nc(-c4c(C(C)C)cccc4C(C)C)ccc23)ncc1CC(C)(C)C.[Ir].[c-]1ccccc1-c1ccccn1. The first kappa shape index (κ1) is 36.8. The number of rotatable bonds is 6. The largest absolute Gasteiger partial charge is 0.486 e. The van der Waals surface area contributed by atoms with Gasteiger partial charge in [0.1, 0.15) is 0 Å². The topological polar surface area (TPSA) is 51.8 Å². The van der Waals surface area contributed by atoms with E-state index in [4.69, 9.17) is 14.4 Å². The molecule has 7 aromatic rings. The molecule has 0 aliphatic carbocycles. The van der Waals surface area contributed by atoms with Gasteiger partial charge in [-0.05, 0) is 76.9 Å². The van der Waals surface area contributed by atoms with Gasteiger partial charge in [-0.15, -0.1) is 54.1 Å². The molecule has 4 heterocycles. The summed E-state index contributed by atoms with van der Waals surface area (Å²) in [6, 6.07) is 37.3. The number of pyridine rings is 3. The van der Waals surface area contributed by atoms with Crippen molar-refractivity contribution in [2.75, 3.05) is 0 Å². The molecular formula is C45H45IrN3O-2. The van der Waals surface area contributed by atoms with Crippen LogP contribution in [0.25, 0.3) is 55.8 Å². The summed E-state index contributed by atoms with van der Waals surface area (Å²) < 4.78 is 6.47. The Hall–Kier alpha value is -4.44. The zero-order chi connectivity index (χ0) is 34.7. The Labute approximate surface area is 310 Å². The maximum atomic E-state index is 6.47. The average molecular weight is 836 g/mol. The molecule has 0 spiro atoms. The van der Waals surface area contributed by atoms with Gasteiger partial charge in [0, 0.05) is 43.4 Å². The first-order chi connectivity index (χ1) is 23.5. The second-order valence-electron chi connectivity index (χ2n) is 14.6. The van der Waals surface area contributed by atoms with Gasteiger partial charge in [0.25, 0.3) is 0 Å². The van der Waals surface area contributed by atoms with Gasteiger partial charge in [-0.2, -0.15) is 0 Å². The minimum absolute atomic E-state index is 0. The van der Waals surface area contributed by atoms with Crippen molar-refractivity contribution >= 4 is 22.1 Å². The zero-order valence-corrected chi connectivity index (χ0v) is 32.7. The molecule has 4 nitrogen and oxygen atoms in total. The Morgan fingerprint density at radius 1 is 0.720 bits per heavy atom. The van der Waals surface area contributed by atoms with Crippen molar-refractivity contribution in [2.45, 2.75) is 73.6 Å². The normalized spacial score (nSPS) is 11.5. The molecular weight excluding hydrogens is 791 g/mol. The van der Waals surface area contributed by atoms with Crippen LogP contribution in [0.2, 0.25) is 0 Å². The summed E-state index contributed by atoms with van der Waals surface area (Å²) in [6.45, 7) is 17.9. The number of furan rings is 1. The molecule has 0 amide bonds. The van der Waals surface area contributed by atoms with Gasteiger partial charge >= 0.3 is 0 Å². The second kappa shape index (κ2) is 15.6. The number of fused-ring (bicyclic) bond motifs is 3. The molecule has 257 valence electrons. The van der Waals surface area contributed by atoms with E-state index in [1.54, 1.807) is 6.20 Å². The van der Waals surface area contributed by atoms with Crippen molar-refractivity contribution in [3.05, 3.63) is 138 Å². The zero-order valence-electron chi connectivity index (χ0n) is 30.3. The predicted molar refractivity (Wildman–Crippen MR) is 204 cm³/mol. The number of benzene rings is 3. The third-order valence-electron chi connectivity index (χ3n) is 8.77. The van der Waals surface area contributed by atoms with E-state index >= 15 is 0 Å². The van der Waals surface area contributed by atoms with E-state index in [9.17, 15) is 0 Å². The van der Waals surface area contributed by atoms with Crippen LogP contribution in [0.3, 0.4) is 0 Å². The Morgan fingerprint density at radius 2 is 1.46 bits per heavy atom. The van der Waals surface area contributed by atoms with Crippen molar-refractivity contribution < 1.29 is 24.5 Å². The first-order valence-corrected chi connectivity index (χ1v) is 17.2. The van der Waals surface area contributed by atoms with Crippen molar-refractivity contribution in [3.8, 4) is 33.8 Å². The van der Waals surface area contributed by atoms with Gasteiger partial charge in [-0.1, -0.05) is 101 Å². The summed E-state index contributed by atoms with van der Waals surface area (Å²) in [5.74, 6) is 0.803. The minimum atomic E-state index is 0. The van der Waals surface area contributed by atoms with E-state index in [0.29, 0.717) is 17.5 Å². The van der Waals surface area contributed by atoms with Crippen LogP contribution < -0.4 is 0 Å². The van der Waals surface area contributed by atoms with Gasteiger partial charge in [0.15, 0.2) is 0 Å². The van der Waals surface area contributed by atoms with E-state index in [1.807, 2.05) is 54.7 Å². The van der Waals surface area contributed by atoms with Crippen molar-refractivity contribution in [3.63, 3.8) is 0 Å². The average Bonchev–Trinajstić information content (AvgIpc) is 3.47. The standard InChI is InChI=1S/C34H37N2O.C11H8N.Ir/c1-20(2)24-11-9-12-25(21(3)4)31(24)29-16-15-27-26-13-10-14-28(32(26)37-33(27)36-29)30-17-22(5)23(19-35-30)18-34(6,7)8;1-2-6-10(7-3-1)11-8-4-5-9-12-11;/h9-13,15-17,19-21H,18H2,1-8H3;1-6,8-9H;/q2*-1;. The maximum Gasteiger partial charge on any atom is 0.216 e. The molecule has 0 bridgehead atoms. The van der Waals surface area contributed by atoms with E-state index in [-0.39, 0.29) is 25.5 Å². The number of aromatic nitrogens is 3.